The van der Waals surface area contributed by atoms with Gasteiger partial charge in [0.25, 0.3) is 0 Å². The largest absolute Gasteiger partial charge is 0.493 e. The fourth-order valence-electron chi connectivity index (χ4n) is 2.95. The summed E-state index contributed by atoms with van der Waals surface area (Å²) >= 11 is 0. The van der Waals surface area contributed by atoms with Crippen LogP contribution in [-0.4, -0.2) is 35.8 Å². The minimum Gasteiger partial charge on any atom is -0.493 e. The molecule has 1 aliphatic rings. The molecule has 0 spiro atoms. The van der Waals surface area contributed by atoms with Crippen LogP contribution in [0.15, 0.2) is 24.3 Å². The van der Waals surface area contributed by atoms with Crippen LogP contribution < -0.4 is 4.74 Å². The highest BCUT2D eigenvalue weighted by Crippen LogP contribution is 2.26. The fourth-order valence-corrected chi connectivity index (χ4v) is 2.95. The van der Waals surface area contributed by atoms with Crippen molar-refractivity contribution in [2.24, 2.45) is 5.92 Å². The summed E-state index contributed by atoms with van der Waals surface area (Å²) in [4.78, 5) is 14.3. The molecule has 1 unspecified atom stereocenters. The number of rotatable bonds is 4. The number of carbonyl (C=O) groups is 1. The van der Waals surface area contributed by atoms with Gasteiger partial charge in [-0.05, 0) is 64.3 Å². The van der Waals surface area contributed by atoms with Gasteiger partial charge in [-0.15, -0.1) is 0 Å². The third-order valence-electron chi connectivity index (χ3n) is 4.20. The van der Waals surface area contributed by atoms with Gasteiger partial charge in [0.1, 0.15) is 17.2 Å². The second kappa shape index (κ2) is 7.86. The third-order valence-corrected chi connectivity index (χ3v) is 4.20. The maximum absolute atomic E-state index is 12.9. The van der Waals surface area contributed by atoms with E-state index in [1.54, 1.807) is 12.1 Å². The van der Waals surface area contributed by atoms with Gasteiger partial charge in [0.05, 0.1) is 6.61 Å². The summed E-state index contributed by atoms with van der Waals surface area (Å²) in [6.45, 7) is 8.88. The average molecular weight is 337 g/mol. The lowest BCUT2D eigenvalue weighted by Gasteiger charge is -2.39. The minimum atomic E-state index is -0.493. The van der Waals surface area contributed by atoms with Gasteiger partial charge in [-0.2, -0.15) is 0 Å². The maximum atomic E-state index is 12.9. The normalized spacial score (nSPS) is 21.5. The second-order valence-corrected chi connectivity index (χ2v) is 7.40. The van der Waals surface area contributed by atoms with Crippen LogP contribution in [0.2, 0.25) is 0 Å². The fraction of sp³-hybridized carbons (Fsp3) is 0.632. The Bertz CT molecular complexity index is 539. The van der Waals surface area contributed by atoms with Crippen molar-refractivity contribution in [2.75, 3.05) is 13.2 Å². The molecular weight excluding hydrogens is 309 g/mol. The van der Waals surface area contributed by atoms with E-state index >= 15 is 0 Å². The molecule has 5 heteroatoms. The Morgan fingerprint density at radius 2 is 1.92 bits per heavy atom. The lowest BCUT2D eigenvalue weighted by Crippen LogP contribution is -2.49. The van der Waals surface area contributed by atoms with E-state index in [1.165, 1.54) is 12.1 Å². The van der Waals surface area contributed by atoms with Crippen LogP contribution in [0.5, 0.6) is 5.75 Å². The Morgan fingerprint density at radius 3 is 2.50 bits per heavy atom. The average Bonchev–Trinajstić information content (AvgIpc) is 2.52. The molecule has 2 atom stereocenters. The molecule has 1 heterocycles. The quantitative estimate of drug-likeness (QED) is 0.804. The molecular formula is C19H28FNO3. The number of carbonyl (C=O) groups excluding carboxylic acids is 1. The lowest BCUT2D eigenvalue weighted by molar-refractivity contribution is -0.00109. The zero-order chi connectivity index (χ0) is 17.7. The van der Waals surface area contributed by atoms with Gasteiger partial charge in [-0.1, -0.05) is 6.92 Å². The molecule has 1 aromatic carbocycles. The van der Waals surface area contributed by atoms with E-state index in [4.69, 9.17) is 9.47 Å². The van der Waals surface area contributed by atoms with Crippen LogP contribution in [0.1, 0.15) is 47.0 Å². The number of hydrogen-bond acceptors (Lipinski definition) is 3. The minimum absolute atomic E-state index is 0.224. The predicted molar refractivity (Wildman–Crippen MR) is 91.6 cm³/mol. The van der Waals surface area contributed by atoms with E-state index in [9.17, 15) is 9.18 Å². The Hall–Kier alpha value is -1.78. The number of amides is 1. The lowest BCUT2D eigenvalue weighted by atomic mass is 9.92. The topological polar surface area (TPSA) is 38.8 Å². The van der Waals surface area contributed by atoms with Crippen molar-refractivity contribution in [3.8, 4) is 5.75 Å². The van der Waals surface area contributed by atoms with Crippen LogP contribution in [-0.2, 0) is 4.74 Å². The van der Waals surface area contributed by atoms with Gasteiger partial charge in [0, 0.05) is 18.5 Å². The molecule has 0 aromatic heterocycles. The smallest absolute Gasteiger partial charge is 0.410 e. The molecule has 4 nitrogen and oxygen atoms in total. The van der Waals surface area contributed by atoms with Gasteiger partial charge < -0.3 is 14.4 Å². The maximum Gasteiger partial charge on any atom is 0.410 e. The Kier molecular flexibility index (Phi) is 6.08. The first kappa shape index (κ1) is 18.6. The van der Waals surface area contributed by atoms with Crippen molar-refractivity contribution < 1.29 is 18.7 Å². The molecule has 1 amide bonds. The molecule has 0 bridgehead atoms. The Balaban J connectivity index is 1.93. The highest BCUT2D eigenvalue weighted by molar-refractivity contribution is 5.68. The number of benzene rings is 1. The van der Waals surface area contributed by atoms with Crippen molar-refractivity contribution in [1.29, 1.82) is 0 Å². The summed E-state index contributed by atoms with van der Waals surface area (Å²) in [5.41, 5.74) is -0.493. The first-order valence-corrected chi connectivity index (χ1v) is 8.66. The molecule has 134 valence electrons. The van der Waals surface area contributed by atoms with E-state index in [2.05, 4.69) is 6.92 Å². The summed E-state index contributed by atoms with van der Waals surface area (Å²) in [6, 6.07) is 6.24. The molecule has 1 aliphatic heterocycles. The molecule has 1 saturated heterocycles. The van der Waals surface area contributed by atoms with Crippen molar-refractivity contribution in [3.63, 3.8) is 0 Å². The molecule has 0 radical (unpaired) electrons. The van der Waals surface area contributed by atoms with Crippen molar-refractivity contribution in [3.05, 3.63) is 30.1 Å². The Morgan fingerprint density at radius 1 is 1.25 bits per heavy atom. The monoisotopic (exact) mass is 337 g/mol. The van der Waals surface area contributed by atoms with Crippen LogP contribution in [0.3, 0.4) is 0 Å². The van der Waals surface area contributed by atoms with E-state index in [-0.39, 0.29) is 23.9 Å². The predicted octanol–water partition coefficient (Wildman–Crippen LogP) is 4.63. The first-order valence-electron chi connectivity index (χ1n) is 8.66. The first-order chi connectivity index (χ1) is 11.3. The summed E-state index contributed by atoms with van der Waals surface area (Å²) in [7, 11) is 0. The highest BCUT2D eigenvalue weighted by atomic mass is 19.1. The summed E-state index contributed by atoms with van der Waals surface area (Å²) in [5, 5.41) is 0. The summed E-state index contributed by atoms with van der Waals surface area (Å²) in [5.74, 6) is 0.630. The SMILES string of the molecule is CCC1CC[C@@H](COc2ccc(F)cc2)CN1C(=O)OC(C)(C)C. The van der Waals surface area contributed by atoms with E-state index < -0.39 is 5.60 Å². The van der Waals surface area contributed by atoms with Gasteiger partial charge in [-0.3, -0.25) is 0 Å². The number of hydrogen-bond donors (Lipinski definition) is 0. The number of halogens is 1. The number of likely N-dealkylation sites (tertiary alicyclic amines) is 1. The molecule has 0 saturated carbocycles. The zero-order valence-electron chi connectivity index (χ0n) is 15.0. The van der Waals surface area contributed by atoms with Crippen LogP contribution in [0.4, 0.5) is 9.18 Å². The standard InChI is InChI=1S/C19H28FNO3/c1-5-16-9-6-14(12-21(16)18(22)24-19(2,3)4)13-23-17-10-7-15(20)8-11-17/h7-8,10-11,14,16H,5-6,9,12-13H2,1-4H3/t14-,16?/m1/s1. The van der Waals surface area contributed by atoms with Crippen LogP contribution in [0.25, 0.3) is 0 Å². The summed E-state index contributed by atoms with van der Waals surface area (Å²) in [6.07, 6.45) is 2.64. The highest BCUT2D eigenvalue weighted by Gasteiger charge is 2.33. The number of nitrogens with zero attached hydrogens (tertiary/aromatic N) is 1. The molecule has 1 aromatic rings. The molecule has 2 rings (SSSR count). The molecule has 0 N–H and O–H groups in total. The molecule has 0 aliphatic carbocycles. The van der Waals surface area contributed by atoms with Crippen LogP contribution >= 0.6 is 0 Å². The van der Waals surface area contributed by atoms with Gasteiger partial charge in [-0.25, -0.2) is 9.18 Å². The van der Waals surface area contributed by atoms with E-state index in [0.717, 1.165) is 19.3 Å². The molecule has 24 heavy (non-hydrogen) atoms. The van der Waals surface area contributed by atoms with Crippen molar-refractivity contribution in [2.45, 2.75) is 58.6 Å². The molecule has 1 fully saturated rings. The number of piperidine rings is 1. The van der Waals surface area contributed by atoms with Gasteiger partial charge in [0.15, 0.2) is 0 Å². The van der Waals surface area contributed by atoms with Crippen LogP contribution in [0, 0.1) is 11.7 Å². The van der Waals surface area contributed by atoms with Gasteiger partial charge >= 0.3 is 6.09 Å². The van der Waals surface area contributed by atoms with Crippen molar-refractivity contribution in [1.82, 2.24) is 4.90 Å². The Labute approximate surface area is 143 Å². The summed E-state index contributed by atoms with van der Waals surface area (Å²) < 4.78 is 24.2. The van der Waals surface area contributed by atoms with Gasteiger partial charge in [0.2, 0.25) is 0 Å². The second-order valence-electron chi connectivity index (χ2n) is 7.40. The van der Waals surface area contributed by atoms with E-state index in [1.807, 2.05) is 25.7 Å². The van der Waals surface area contributed by atoms with E-state index in [0.29, 0.717) is 18.9 Å². The third kappa shape index (κ3) is 5.39. The number of ether oxygens (including phenoxy) is 2. The van der Waals surface area contributed by atoms with Crippen molar-refractivity contribution >= 4 is 6.09 Å². The zero-order valence-corrected chi connectivity index (χ0v) is 15.0.